The van der Waals surface area contributed by atoms with Crippen molar-refractivity contribution in [2.75, 3.05) is 25.1 Å². The van der Waals surface area contributed by atoms with Crippen molar-refractivity contribution in [2.45, 2.75) is 63.0 Å². The number of carbonyl (C=O) groups excluding carboxylic acids is 2. The maximum atomic E-state index is 12.4. The summed E-state index contributed by atoms with van der Waals surface area (Å²) >= 11 is 0. The average molecular weight is 566 g/mol. The molecular weight excluding hydrogens is 531 g/mol. The summed E-state index contributed by atoms with van der Waals surface area (Å²) in [5.74, 6) is -3.08. The number of nitrogens with one attached hydrogen (secondary N) is 2. The molecular formula is C28H34F3N3O6. The van der Waals surface area contributed by atoms with Gasteiger partial charge in [-0.2, -0.15) is 13.2 Å². The molecule has 0 aromatic heterocycles. The molecule has 0 unspecified atom stereocenters. The third kappa shape index (κ3) is 9.44. The van der Waals surface area contributed by atoms with Gasteiger partial charge in [-0.25, -0.2) is 14.4 Å². The number of amides is 1. The monoisotopic (exact) mass is 565 g/mol. The summed E-state index contributed by atoms with van der Waals surface area (Å²) in [6, 6.07) is 18.0. The van der Waals surface area contributed by atoms with Crippen LogP contribution in [0.3, 0.4) is 0 Å². The predicted octanol–water partition coefficient (Wildman–Crippen LogP) is 4.51. The lowest BCUT2D eigenvalue weighted by Gasteiger charge is -2.34. The van der Waals surface area contributed by atoms with Gasteiger partial charge in [0, 0.05) is 36.9 Å². The normalized spacial score (nSPS) is 20.6. The van der Waals surface area contributed by atoms with Crippen molar-refractivity contribution >= 4 is 23.7 Å². The number of carboxylic acid groups (broad SMARTS) is 1. The number of hydrogen-bond acceptors (Lipinski definition) is 7. The molecule has 3 N–H and O–H groups in total. The van der Waals surface area contributed by atoms with Crippen molar-refractivity contribution in [2.24, 2.45) is 0 Å². The Kier molecular flexibility index (Phi) is 11.2. The van der Waals surface area contributed by atoms with Crippen LogP contribution in [0.25, 0.3) is 0 Å². The van der Waals surface area contributed by atoms with Gasteiger partial charge in [0.25, 0.3) is 0 Å². The van der Waals surface area contributed by atoms with Crippen molar-refractivity contribution in [3.05, 3.63) is 65.7 Å². The van der Waals surface area contributed by atoms with Gasteiger partial charge >= 0.3 is 24.2 Å². The Balaban J connectivity index is 0.000000559. The summed E-state index contributed by atoms with van der Waals surface area (Å²) in [5, 5.41) is 14.0. The zero-order valence-corrected chi connectivity index (χ0v) is 22.2. The van der Waals surface area contributed by atoms with Gasteiger partial charge in [-0.05, 0) is 49.1 Å². The minimum Gasteiger partial charge on any atom is -0.475 e. The Hall–Kier alpha value is -3.80. The number of esters is 1. The van der Waals surface area contributed by atoms with Crippen LogP contribution in [-0.4, -0.2) is 67.6 Å². The fourth-order valence-electron chi connectivity index (χ4n) is 4.78. The van der Waals surface area contributed by atoms with E-state index in [1.165, 1.54) is 13.5 Å². The number of hydrogen-bond donors (Lipinski definition) is 3. The molecule has 4 rings (SSSR count). The number of benzene rings is 2. The lowest BCUT2D eigenvalue weighted by atomic mass is 9.89. The molecule has 2 aromatic carbocycles. The Morgan fingerprint density at radius 2 is 1.60 bits per heavy atom. The van der Waals surface area contributed by atoms with E-state index in [1.54, 1.807) is 0 Å². The van der Waals surface area contributed by atoms with Gasteiger partial charge in [-0.15, -0.1) is 0 Å². The van der Waals surface area contributed by atoms with Gasteiger partial charge in [0.1, 0.15) is 6.61 Å². The van der Waals surface area contributed by atoms with E-state index in [1.807, 2.05) is 54.6 Å². The highest BCUT2D eigenvalue weighted by Gasteiger charge is 2.38. The number of halogens is 3. The van der Waals surface area contributed by atoms with Crippen molar-refractivity contribution in [3.8, 4) is 0 Å². The zero-order chi connectivity index (χ0) is 29.1. The minimum atomic E-state index is -5.08. The van der Waals surface area contributed by atoms with Crippen LogP contribution in [0.2, 0.25) is 0 Å². The number of carboxylic acids is 1. The summed E-state index contributed by atoms with van der Waals surface area (Å²) in [6.07, 6.45) is -0.0973. The first kappa shape index (κ1) is 30.7. The lowest BCUT2D eigenvalue weighted by molar-refractivity contribution is -0.192. The van der Waals surface area contributed by atoms with Crippen LogP contribution >= 0.6 is 0 Å². The maximum Gasteiger partial charge on any atom is 0.490 e. The minimum absolute atomic E-state index is 0.0791. The molecule has 1 amide bonds. The molecule has 1 heterocycles. The van der Waals surface area contributed by atoms with E-state index in [0.29, 0.717) is 11.6 Å². The Morgan fingerprint density at radius 3 is 2.20 bits per heavy atom. The fourth-order valence-corrected chi connectivity index (χ4v) is 4.78. The van der Waals surface area contributed by atoms with Crippen molar-refractivity contribution in [1.82, 2.24) is 10.6 Å². The molecule has 2 aromatic rings. The van der Waals surface area contributed by atoms with Gasteiger partial charge in [0.15, 0.2) is 0 Å². The lowest BCUT2D eigenvalue weighted by Crippen LogP contribution is -2.54. The molecule has 2 fully saturated rings. The number of carbonyl (C=O) groups is 3. The number of aliphatic carboxylic acids is 1. The third-order valence-electron chi connectivity index (χ3n) is 6.82. The van der Waals surface area contributed by atoms with Gasteiger partial charge in [-0.1, -0.05) is 43.2 Å². The number of nitrogens with zero attached hydrogens (tertiary/aromatic N) is 1. The van der Waals surface area contributed by atoms with E-state index in [-0.39, 0.29) is 30.8 Å². The van der Waals surface area contributed by atoms with Crippen LogP contribution in [-0.2, 0) is 20.9 Å². The van der Waals surface area contributed by atoms with Crippen molar-refractivity contribution in [1.29, 1.82) is 0 Å². The summed E-state index contributed by atoms with van der Waals surface area (Å²) in [4.78, 5) is 35.3. The largest absolute Gasteiger partial charge is 0.490 e. The first-order valence-electron chi connectivity index (χ1n) is 13.0. The van der Waals surface area contributed by atoms with E-state index in [0.717, 1.165) is 50.0 Å². The van der Waals surface area contributed by atoms with Crippen LogP contribution in [0.5, 0.6) is 0 Å². The Bertz CT molecular complexity index is 1110. The number of ether oxygens (including phenoxy) is 2. The summed E-state index contributed by atoms with van der Waals surface area (Å²) in [5.41, 5.74) is 2.65. The first-order chi connectivity index (χ1) is 19.1. The quantitative estimate of drug-likeness (QED) is 0.420. The van der Waals surface area contributed by atoms with Crippen LogP contribution in [0.15, 0.2) is 54.6 Å². The molecule has 1 aliphatic carbocycles. The second-order valence-corrected chi connectivity index (χ2v) is 9.64. The number of methoxy groups -OCH3 is 1. The molecule has 0 bridgehead atoms. The molecule has 9 nitrogen and oxygen atoms in total. The summed E-state index contributed by atoms with van der Waals surface area (Å²) < 4.78 is 42.0. The highest BCUT2D eigenvalue weighted by molar-refractivity contribution is 5.89. The van der Waals surface area contributed by atoms with E-state index >= 15 is 0 Å². The fraction of sp³-hybridized carbons (Fsp3) is 0.464. The van der Waals surface area contributed by atoms with Crippen LogP contribution < -0.4 is 15.5 Å². The summed E-state index contributed by atoms with van der Waals surface area (Å²) in [7, 11) is 1.39. The molecule has 3 atom stereocenters. The predicted molar refractivity (Wildman–Crippen MR) is 141 cm³/mol. The van der Waals surface area contributed by atoms with E-state index in [9.17, 15) is 22.8 Å². The molecule has 1 aliphatic heterocycles. The van der Waals surface area contributed by atoms with Gasteiger partial charge in [0.2, 0.25) is 0 Å². The molecule has 1 saturated heterocycles. The Labute approximate surface area is 230 Å². The molecule has 2 aliphatic rings. The number of anilines is 1. The Morgan fingerprint density at radius 1 is 0.975 bits per heavy atom. The zero-order valence-electron chi connectivity index (χ0n) is 22.2. The highest BCUT2D eigenvalue weighted by atomic mass is 19.4. The first-order valence-corrected chi connectivity index (χ1v) is 13.0. The van der Waals surface area contributed by atoms with Crippen molar-refractivity contribution in [3.63, 3.8) is 0 Å². The van der Waals surface area contributed by atoms with Crippen molar-refractivity contribution < 1.29 is 42.1 Å². The van der Waals surface area contributed by atoms with Gasteiger partial charge < -0.3 is 30.1 Å². The topological polar surface area (TPSA) is 117 Å². The molecule has 40 heavy (non-hydrogen) atoms. The molecule has 1 saturated carbocycles. The molecule has 0 spiro atoms. The standard InChI is InChI=1S/C26H33N3O4.C2HF3O2/c1-32-25(30)20-11-13-22(14-12-20)29-16-15-21(17-29)27-23-9-5-6-10-24(23)28-26(31)33-18-19-7-3-2-4-8-19;3-2(4,5)1(6)7/h2-4,7-8,11-14,21,23-24,27H,5-6,9-10,15-18H2,1H3,(H,28,31);(H,6,7)/t21-,23+,24+;/m0./s1. The number of alkyl carbamates (subject to hydrolysis) is 1. The SMILES string of the molecule is COC(=O)c1ccc(N2CC[C@H](N[C@@H]3CCCC[C@H]3NC(=O)OCc3ccccc3)C2)cc1.O=C(O)C(F)(F)F. The second kappa shape index (κ2) is 14.5. The van der Waals surface area contributed by atoms with E-state index in [2.05, 4.69) is 15.5 Å². The smallest absolute Gasteiger partial charge is 0.475 e. The number of alkyl halides is 3. The number of rotatable bonds is 7. The molecule has 12 heteroatoms. The molecule has 218 valence electrons. The van der Waals surface area contributed by atoms with Crippen LogP contribution in [0.4, 0.5) is 23.7 Å². The molecule has 0 radical (unpaired) electrons. The van der Waals surface area contributed by atoms with Crippen LogP contribution in [0.1, 0.15) is 48.0 Å². The second-order valence-electron chi connectivity index (χ2n) is 9.64. The van der Waals surface area contributed by atoms with Gasteiger partial charge in [-0.3, -0.25) is 0 Å². The third-order valence-corrected chi connectivity index (χ3v) is 6.82. The van der Waals surface area contributed by atoms with Crippen LogP contribution in [0, 0.1) is 0 Å². The van der Waals surface area contributed by atoms with E-state index < -0.39 is 12.1 Å². The van der Waals surface area contributed by atoms with Gasteiger partial charge in [0.05, 0.1) is 12.7 Å². The van der Waals surface area contributed by atoms with E-state index in [4.69, 9.17) is 19.4 Å². The summed E-state index contributed by atoms with van der Waals surface area (Å²) in [6.45, 7) is 2.14. The highest BCUT2D eigenvalue weighted by Crippen LogP contribution is 2.24. The maximum absolute atomic E-state index is 12.4. The average Bonchev–Trinajstić information content (AvgIpc) is 3.41.